The average Bonchev–Trinajstić information content (AvgIpc) is 2.53. The van der Waals surface area contributed by atoms with Gasteiger partial charge in [0.25, 0.3) is 0 Å². The highest BCUT2D eigenvalue weighted by Crippen LogP contribution is 2.30. The van der Waals surface area contributed by atoms with Gasteiger partial charge in [0.15, 0.2) is 0 Å². The normalized spacial score (nSPS) is 13.0. The summed E-state index contributed by atoms with van der Waals surface area (Å²) in [6.07, 6.45) is 0. The van der Waals surface area contributed by atoms with E-state index in [1.54, 1.807) is 30.3 Å². The lowest BCUT2D eigenvalue weighted by Crippen LogP contribution is -2.19. The Morgan fingerprint density at radius 2 is 2.00 bits per heavy atom. The first-order valence-corrected chi connectivity index (χ1v) is 6.47. The van der Waals surface area contributed by atoms with E-state index in [2.05, 4.69) is 10.3 Å². The van der Waals surface area contributed by atoms with Gasteiger partial charge >= 0.3 is 5.97 Å². The van der Waals surface area contributed by atoms with E-state index in [1.165, 1.54) is 19.2 Å². The van der Waals surface area contributed by atoms with E-state index >= 15 is 0 Å². The zero-order valence-corrected chi connectivity index (χ0v) is 11.4. The van der Waals surface area contributed by atoms with Crippen molar-refractivity contribution in [3.63, 3.8) is 0 Å². The molecule has 4 nitrogen and oxygen atoms in total. The second-order valence-electron chi connectivity index (χ2n) is 4.64. The zero-order chi connectivity index (χ0) is 14.8. The number of carbonyl (C=O) groups is 1. The summed E-state index contributed by atoms with van der Waals surface area (Å²) in [6, 6.07) is 11.3. The molecule has 1 heterocycles. The molecule has 1 N–H and O–H groups in total. The number of nitrogens with one attached hydrogen (secondary N) is 1. The van der Waals surface area contributed by atoms with Crippen molar-refractivity contribution in [3.05, 3.63) is 59.4 Å². The van der Waals surface area contributed by atoms with Crippen molar-refractivity contribution < 1.29 is 13.9 Å². The lowest BCUT2D eigenvalue weighted by atomic mass is 10.1. The third-order valence-electron chi connectivity index (χ3n) is 3.30. The third kappa shape index (κ3) is 2.63. The van der Waals surface area contributed by atoms with Crippen LogP contribution in [0.3, 0.4) is 0 Å². The summed E-state index contributed by atoms with van der Waals surface area (Å²) in [4.78, 5) is 16.1. The van der Waals surface area contributed by atoms with E-state index in [-0.39, 0.29) is 5.82 Å². The molecule has 0 aliphatic carbocycles. The molecule has 2 aromatic carbocycles. The number of rotatable bonds is 2. The second kappa shape index (κ2) is 5.36. The quantitative estimate of drug-likeness (QED) is 0.862. The Bertz CT molecular complexity index is 724. The fourth-order valence-corrected chi connectivity index (χ4v) is 2.19. The van der Waals surface area contributed by atoms with Gasteiger partial charge in [-0.1, -0.05) is 12.1 Å². The maximum Gasteiger partial charge on any atom is 0.337 e. The topological polar surface area (TPSA) is 50.7 Å². The van der Waals surface area contributed by atoms with Crippen molar-refractivity contribution in [2.75, 3.05) is 19.0 Å². The Kier molecular flexibility index (Phi) is 3.39. The molecule has 0 unspecified atom stereocenters. The molecule has 0 amide bonds. The van der Waals surface area contributed by atoms with Crippen LogP contribution in [0.2, 0.25) is 0 Å². The molecule has 106 valence electrons. The van der Waals surface area contributed by atoms with Gasteiger partial charge in [-0.25, -0.2) is 14.2 Å². The minimum absolute atomic E-state index is 0.281. The fraction of sp³-hybridized carbons (Fsp3) is 0.125. The standard InChI is InChI=1S/C16H13FN2O2/c1-21-16(20)11-4-7-13-14(8-11)19-15(9-18-13)10-2-5-12(17)6-3-10/h2-8,18H,9H2,1H3. The molecule has 0 aromatic heterocycles. The minimum Gasteiger partial charge on any atom is -0.465 e. The lowest BCUT2D eigenvalue weighted by Gasteiger charge is -2.18. The van der Waals surface area contributed by atoms with Gasteiger partial charge in [-0.2, -0.15) is 0 Å². The number of ether oxygens (including phenoxy) is 1. The molecule has 0 radical (unpaired) electrons. The SMILES string of the molecule is COC(=O)c1ccc2c(c1)N=C(c1ccc(F)cc1)CN2. The molecule has 0 saturated heterocycles. The number of aliphatic imine (C=N–C) groups is 1. The largest absolute Gasteiger partial charge is 0.465 e. The highest BCUT2D eigenvalue weighted by molar-refractivity contribution is 6.07. The van der Waals surface area contributed by atoms with Crippen LogP contribution in [0.4, 0.5) is 15.8 Å². The van der Waals surface area contributed by atoms with Crippen molar-refractivity contribution >= 4 is 23.1 Å². The van der Waals surface area contributed by atoms with Gasteiger partial charge in [-0.3, -0.25) is 0 Å². The number of benzene rings is 2. The predicted molar refractivity (Wildman–Crippen MR) is 78.9 cm³/mol. The number of anilines is 1. The van der Waals surface area contributed by atoms with E-state index in [0.29, 0.717) is 17.8 Å². The van der Waals surface area contributed by atoms with E-state index in [4.69, 9.17) is 4.74 Å². The number of methoxy groups -OCH3 is 1. The predicted octanol–water partition coefficient (Wildman–Crippen LogP) is 3.16. The highest BCUT2D eigenvalue weighted by Gasteiger charge is 2.15. The van der Waals surface area contributed by atoms with Crippen LogP contribution in [0.25, 0.3) is 0 Å². The van der Waals surface area contributed by atoms with Crippen molar-refractivity contribution in [3.8, 4) is 0 Å². The van der Waals surface area contributed by atoms with Crippen LogP contribution in [-0.2, 0) is 4.74 Å². The number of nitrogens with zero attached hydrogens (tertiary/aromatic N) is 1. The number of esters is 1. The molecule has 2 aromatic rings. The Morgan fingerprint density at radius 1 is 1.24 bits per heavy atom. The van der Waals surface area contributed by atoms with Crippen LogP contribution in [0.1, 0.15) is 15.9 Å². The molecule has 1 aliphatic heterocycles. The van der Waals surface area contributed by atoms with Crippen LogP contribution in [-0.4, -0.2) is 25.3 Å². The Morgan fingerprint density at radius 3 is 2.71 bits per heavy atom. The summed E-state index contributed by atoms with van der Waals surface area (Å²) in [5, 5.41) is 3.23. The summed E-state index contributed by atoms with van der Waals surface area (Å²) in [5.74, 6) is -0.682. The number of fused-ring (bicyclic) bond motifs is 1. The third-order valence-corrected chi connectivity index (χ3v) is 3.30. The smallest absolute Gasteiger partial charge is 0.337 e. The van der Waals surface area contributed by atoms with Gasteiger partial charge in [0.05, 0.1) is 36.3 Å². The molecule has 0 spiro atoms. The highest BCUT2D eigenvalue weighted by atomic mass is 19.1. The Hall–Kier alpha value is -2.69. The monoisotopic (exact) mass is 284 g/mol. The fourth-order valence-electron chi connectivity index (χ4n) is 2.19. The molecule has 3 rings (SSSR count). The first kappa shape index (κ1) is 13.3. The maximum absolute atomic E-state index is 13.0. The zero-order valence-electron chi connectivity index (χ0n) is 11.4. The number of carbonyl (C=O) groups excluding carboxylic acids is 1. The Balaban J connectivity index is 1.99. The van der Waals surface area contributed by atoms with Crippen molar-refractivity contribution in [1.82, 2.24) is 0 Å². The van der Waals surface area contributed by atoms with Crippen LogP contribution in [0.5, 0.6) is 0 Å². The van der Waals surface area contributed by atoms with Crippen LogP contribution >= 0.6 is 0 Å². The van der Waals surface area contributed by atoms with Gasteiger partial charge in [0.2, 0.25) is 0 Å². The molecule has 21 heavy (non-hydrogen) atoms. The average molecular weight is 284 g/mol. The first-order chi connectivity index (χ1) is 10.2. The van der Waals surface area contributed by atoms with Crippen molar-refractivity contribution in [2.45, 2.75) is 0 Å². The molecule has 0 fully saturated rings. The van der Waals surface area contributed by atoms with Crippen molar-refractivity contribution in [2.24, 2.45) is 4.99 Å². The summed E-state index contributed by atoms with van der Waals surface area (Å²) in [5.41, 5.74) is 3.61. The summed E-state index contributed by atoms with van der Waals surface area (Å²) < 4.78 is 17.7. The Labute approximate surface area is 121 Å². The first-order valence-electron chi connectivity index (χ1n) is 6.47. The number of hydrogen-bond acceptors (Lipinski definition) is 4. The van der Waals surface area contributed by atoms with Gasteiger partial charge in [0, 0.05) is 0 Å². The second-order valence-corrected chi connectivity index (χ2v) is 4.64. The van der Waals surface area contributed by atoms with E-state index < -0.39 is 5.97 Å². The van der Waals surface area contributed by atoms with E-state index in [9.17, 15) is 9.18 Å². The van der Waals surface area contributed by atoms with E-state index in [0.717, 1.165) is 17.0 Å². The van der Waals surface area contributed by atoms with Gasteiger partial charge in [-0.15, -0.1) is 0 Å². The number of hydrogen-bond donors (Lipinski definition) is 1. The number of halogens is 1. The lowest BCUT2D eigenvalue weighted by molar-refractivity contribution is 0.0601. The molecule has 1 aliphatic rings. The van der Waals surface area contributed by atoms with Crippen LogP contribution in [0, 0.1) is 5.82 Å². The molecule has 0 bridgehead atoms. The molecule has 0 saturated carbocycles. The summed E-state index contributed by atoms with van der Waals surface area (Å²) in [7, 11) is 1.34. The summed E-state index contributed by atoms with van der Waals surface area (Å²) >= 11 is 0. The maximum atomic E-state index is 13.0. The minimum atomic E-state index is -0.401. The van der Waals surface area contributed by atoms with Crippen LogP contribution in [0.15, 0.2) is 47.5 Å². The van der Waals surface area contributed by atoms with Gasteiger partial charge < -0.3 is 10.1 Å². The molecular formula is C16H13FN2O2. The van der Waals surface area contributed by atoms with Gasteiger partial charge in [0.1, 0.15) is 5.82 Å². The van der Waals surface area contributed by atoms with E-state index in [1.807, 2.05) is 0 Å². The molecule has 5 heteroatoms. The molecule has 0 atom stereocenters. The van der Waals surface area contributed by atoms with Crippen LogP contribution < -0.4 is 5.32 Å². The van der Waals surface area contributed by atoms with Crippen molar-refractivity contribution in [1.29, 1.82) is 0 Å². The molecular weight excluding hydrogens is 271 g/mol. The summed E-state index contributed by atoms with van der Waals surface area (Å²) in [6.45, 7) is 0.552. The van der Waals surface area contributed by atoms with Gasteiger partial charge in [-0.05, 0) is 35.9 Å².